The summed E-state index contributed by atoms with van der Waals surface area (Å²) in [5.41, 5.74) is 6.74. The van der Waals surface area contributed by atoms with Gasteiger partial charge in [0.05, 0.1) is 24.2 Å². The Morgan fingerprint density at radius 3 is 2.38 bits per heavy atom. The molecule has 1 aliphatic heterocycles. The molecule has 0 radical (unpaired) electrons. The maximum absolute atomic E-state index is 11.9. The van der Waals surface area contributed by atoms with E-state index in [2.05, 4.69) is 44.2 Å². The lowest BCUT2D eigenvalue weighted by Crippen LogP contribution is -2.50. The fourth-order valence-corrected chi connectivity index (χ4v) is 6.44. The Bertz CT molecular complexity index is 1390. The van der Waals surface area contributed by atoms with Gasteiger partial charge in [-0.15, -0.1) is 11.3 Å². The molecule has 4 aromatic rings. The van der Waals surface area contributed by atoms with Crippen molar-refractivity contribution in [2.45, 2.75) is 77.6 Å². The molecule has 40 heavy (non-hydrogen) atoms. The van der Waals surface area contributed by atoms with E-state index >= 15 is 0 Å². The fraction of sp³-hybridized carbons (Fsp3) is 0.353. The van der Waals surface area contributed by atoms with Crippen LogP contribution in [0.2, 0.25) is 0 Å². The van der Waals surface area contributed by atoms with Crippen LogP contribution in [0.4, 0.5) is 0 Å². The molecule has 5 rings (SSSR count). The summed E-state index contributed by atoms with van der Waals surface area (Å²) in [6.45, 7) is 6.11. The summed E-state index contributed by atoms with van der Waals surface area (Å²) in [7, 11) is 0. The molecule has 1 atom stereocenters. The second-order valence-electron chi connectivity index (χ2n) is 10.7. The van der Waals surface area contributed by atoms with E-state index in [4.69, 9.17) is 9.72 Å². The largest absolute Gasteiger partial charge is 0.548 e. The molecular formula is C34H37N2O3S-. The Labute approximate surface area is 241 Å². The molecule has 0 amide bonds. The monoisotopic (exact) mass is 553 g/mol. The van der Waals surface area contributed by atoms with E-state index in [1.807, 2.05) is 52.7 Å². The zero-order valence-corrected chi connectivity index (χ0v) is 24.2. The van der Waals surface area contributed by atoms with Gasteiger partial charge in [0.1, 0.15) is 17.4 Å². The number of carboxylic acid groups (broad SMARTS) is 1. The number of ether oxygens (including phenoxy) is 1. The van der Waals surface area contributed by atoms with E-state index in [9.17, 15) is 9.90 Å². The third kappa shape index (κ3) is 6.80. The summed E-state index contributed by atoms with van der Waals surface area (Å²) >= 11 is 1.56. The van der Waals surface area contributed by atoms with Crippen molar-refractivity contribution in [3.05, 3.63) is 105 Å². The molecule has 0 N–H and O–H groups in total. The molecule has 5 nitrogen and oxygen atoms in total. The van der Waals surface area contributed by atoms with E-state index in [-0.39, 0.29) is 0 Å². The Hall–Kier alpha value is -3.48. The highest BCUT2D eigenvalue weighted by atomic mass is 32.1. The number of thiazole rings is 1. The predicted octanol–water partition coefficient (Wildman–Crippen LogP) is 6.75. The van der Waals surface area contributed by atoms with Crippen LogP contribution >= 0.6 is 11.3 Å². The van der Waals surface area contributed by atoms with Gasteiger partial charge < -0.3 is 14.6 Å². The number of aliphatic carboxylic acids is 1. The summed E-state index contributed by atoms with van der Waals surface area (Å²) in [6.07, 6.45) is 5.36. The van der Waals surface area contributed by atoms with Crippen LogP contribution in [-0.4, -0.2) is 21.9 Å². The van der Waals surface area contributed by atoms with Crippen LogP contribution in [-0.2, 0) is 30.9 Å². The van der Waals surface area contributed by atoms with Crippen molar-refractivity contribution in [1.82, 2.24) is 9.88 Å². The summed E-state index contributed by atoms with van der Waals surface area (Å²) in [4.78, 5) is 18.7. The molecule has 2 heterocycles. The van der Waals surface area contributed by atoms with Crippen LogP contribution in [0.1, 0.15) is 72.7 Å². The number of carbonyl (C=O) groups is 1. The third-order valence-electron chi connectivity index (χ3n) is 7.79. The fourth-order valence-electron chi connectivity index (χ4n) is 5.61. The molecular weight excluding hydrogens is 516 g/mol. The van der Waals surface area contributed by atoms with E-state index in [1.54, 1.807) is 11.3 Å². The normalized spacial score (nSPS) is 15.2. The zero-order valence-electron chi connectivity index (χ0n) is 23.3. The maximum Gasteiger partial charge on any atom is 0.119 e. The number of aromatic nitrogens is 1. The number of hydrogen-bond acceptors (Lipinski definition) is 6. The van der Waals surface area contributed by atoms with Gasteiger partial charge in [0.2, 0.25) is 0 Å². The second-order valence-corrected chi connectivity index (χ2v) is 11.6. The van der Waals surface area contributed by atoms with Crippen molar-refractivity contribution in [2.75, 3.05) is 0 Å². The van der Waals surface area contributed by atoms with Gasteiger partial charge in [0.15, 0.2) is 0 Å². The summed E-state index contributed by atoms with van der Waals surface area (Å²) in [6, 6.07) is 24.3. The van der Waals surface area contributed by atoms with Gasteiger partial charge in [-0.25, -0.2) is 4.98 Å². The first-order chi connectivity index (χ1) is 19.5. The number of hydrogen-bond donors (Lipinski definition) is 0. The number of carbonyl (C=O) groups excluding carboxylic acids is 1. The maximum atomic E-state index is 11.9. The molecule has 0 fully saturated rings. The minimum atomic E-state index is -1.03. The summed E-state index contributed by atoms with van der Waals surface area (Å²) in [5.74, 6) is 0.438. The predicted molar refractivity (Wildman–Crippen MR) is 159 cm³/mol. The third-order valence-corrected chi connectivity index (χ3v) is 8.62. The minimum Gasteiger partial charge on any atom is -0.548 e. The smallest absolute Gasteiger partial charge is 0.119 e. The summed E-state index contributed by atoms with van der Waals surface area (Å²) in [5, 5.41) is 14.8. The lowest BCUT2D eigenvalue weighted by Gasteiger charge is -2.36. The first-order valence-electron chi connectivity index (χ1n) is 14.3. The van der Waals surface area contributed by atoms with Gasteiger partial charge in [0, 0.05) is 17.5 Å². The highest BCUT2D eigenvalue weighted by Gasteiger charge is 2.27. The molecule has 1 unspecified atom stereocenters. The number of carboxylic acids is 1. The standard InChI is InChI=1S/C34H38N2O3S/c1-3-7-25(8-4-2)26-13-11-24(12-14-26)22-39-30-17-15-27(16-18-30)31-23-40-33(35-31)21-36-20-29-10-6-5-9-28(29)19-32(36)34(37)38/h5-6,9-18,23,25,32H,3-4,7-8,19-22H2,1-2H3,(H,37,38)/p-1. The van der Waals surface area contributed by atoms with Crippen LogP contribution < -0.4 is 9.84 Å². The summed E-state index contributed by atoms with van der Waals surface area (Å²) < 4.78 is 6.06. The Morgan fingerprint density at radius 2 is 1.70 bits per heavy atom. The molecule has 3 aromatic carbocycles. The minimum absolute atomic E-state index is 0.459. The number of fused-ring (bicyclic) bond motifs is 1. The second kappa shape index (κ2) is 13.2. The van der Waals surface area contributed by atoms with Crippen molar-refractivity contribution in [2.24, 2.45) is 0 Å². The Morgan fingerprint density at radius 1 is 1.00 bits per heavy atom. The molecule has 0 saturated carbocycles. The molecule has 1 aliphatic rings. The van der Waals surface area contributed by atoms with Gasteiger partial charge in [-0.05, 0) is 71.7 Å². The van der Waals surface area contributed by atoms with Crippen molar-refractivity contribution in [1.29, 1.82) is 0 Å². The number of rotatable bonds is 12. The first-order valence-corrected chi connectivity index (χ1v) is 15.2. The zero-order chi connectivity index (χ0) is 27.9. The topological polar surface area (TPSA) is 65.5 Å². The Balaban J connectivity index is 1.18. The molecule has 0 aliphatic carbocycles. The van der Waals surface area contributed by atoms with E-state index in [0.717, 1.165) is 27.6 Å². The van der Waals surface area contributed by atoms with Crippen LogP contribution in [0.25, 0.3) is 11.3 Å². The number of nitrogens with zero attached hydrogens (tertiary/aromatic N) is 2. The molecule has 1 aromatic heterocycles. The van der Waals surface area contributed by atoms with Crippen molar-refractivity contribution in [3.63, 3.8) is 0 Å². The van der Waals surface area contributed by atoms with Crippen LogP contribution in [0, 0.1) is 0 Å². The molecule has 0 spiro atoms. The van der Waals surface area contributed by atoms with Crippen molar-refractivity contribution >= 4 is 17.3 Å². The van der Waals surface area contributed by atoms with Crippen molar-refractivity contribution < 1.29 is 14.6 Å². The number of benzene rings is 3. The van der Waals surface area contributed by atoms with Crippen LogP contribution in [0.5, 0.6) is 5.75 Å². The van der Waals surface area contributed by atoms with Gasteiger partial charge in [-0.1, -0.05) is 75.2 Å². The molecule has 6 heteroatoms. The quantitative estimate of drug-likeness (QED) is 0.194. The average molecular weight is 554 g/mol. The molecule has 208 valence electrons. The van der Waals surface area contributed by atoms with Gasteiger partial charge in [0.25, 0.3) is 0 Å². The highest BCUT2D eigenvalue weighted by Crippen LogP contribution is 2.29. The first kappa shape index (κ1) is 28.1. The van der Waals surface area contributed by atoms with E-state index in [1.165, 1.54) is 42.4 Å². The highest BCUT2D eigenvalue weighted by molar-refractivity contribution is 7.09. The molecule has 0 saturated heterocycles. The van der Waals surface area contributed by atoms with Gasteiger partial charge >= 0.3 is 0 Å². The van der Waals surface area contributed by atoms with Crippen LogP contribution in [0.3, 0.4) is 0 Å². The van der Waals surface area contributed by atoms with E-state index in [0.29, 0.717) is 32.0 Å². The van der Waals surface area contributed by atoms with Gasteiger partial charge in [-0.3, -0.25) is 4.90 Å². The molecule has 0 bridgehead atoms. The SMILES string of the molecule is CCCC(CCC)c1ccc(COc2ccc(-c3csc(CN4Cc5ccccc5CC4C(=O)[O-])n3)cc2)cc1. The lowest BCUT2D eigenvalue weighted by atomic mass is 9.90. The average Bonchev–Trinajstić information content (AvgIpc) is 3.44. The van der Waals surface area contributed by atoms with Gasteiger partial charge in [-0.2, -0.15) is 0 Å². The van der Waals surface area contributed by atoms with E-state index < -0.39 is 12.0 Å². The van der Waals surface area contributed by atoms with Crippen molar-refractivity contribution in [3.8, 4) is 17.0 Å². The Kier molecular flexibility index (Phi) is 9.30. The van der Waals surface area contributed by atoms with Crippen LogP contribution in [0.15, 0.2) is 78.2 Å². The lowest BCUT2D eigenvalue weighted by molar-refractivity contribution is -0.312.